The monoisotopic (exact) mass is 322 g/mol. The Morgan fingerprint density at radius 3 is 2.48 bits per heavy atom. The summed E-state index contributed by atoms with van der Waals surface area (Å²) in [5.41, 5.74) is 0. The number of hydrogen-bond acceptors (Lipinski definition) is 5. The van der Waals surface area contributed by atoms with Crippen LogP contribution in [0.2, 0.25) is 0 Å². The summed E-state index contributed by atoms with van der Waals surface area (Å²) in [4.78, 5) is 10.9. The zero-order valence-electron chi connectivity index (χ0n) is 12.0. The molecule has 9 heteroatoms. The zero-order chi connectivity index (χ0) is 15.6. The Morgan fingerprint density at radius 2 is 1.95 bits per heavy atom. The van der Waals surface area contributed by atoms with E-state index in [2.05, 4.69) is 0 Å². The van der Waals surface area contributed by atoms with Gasteiger partial charge in [-0.3, -0.25) is 4.79 Å². The van der Waals surface area contributed by atoms with Crippen LogP contribution in [0.15, 0.2) is 0 Å². The smallest absolute Gasteiger partial charge is 0.306 e. The molecule has 2 aliphatic rings. The number of hydrogen-bond donors (Lipinski definition) is 2. The van der Waals surface area contributed by atoms with Crippen molar-refractivity contribution in [2.75, 3.05) is 32.8 Å². The average Bonchev–Trinajstić information content (AvgIpc) is 2.47. The van der Waals surface area contributed by atoms with Gasteiger partial charge >= 0.3 is 5.97 Å². The van der Waals surface area contributed by atoms with Crippen LogP contribution in [0, 0.1) is 5.92 Å². The first kappa shape index (κ1) is 16.6. The molecular formula is C12H22N2O6S. The fourth-order valence-electron chi connectivity index (χ4n) is 2.71. The van der Waals surface area contributed by atoms with Crippen LogP contribution in [-0.2, 0) is 19.7 Å². The van der Waals surface area contributed by atoms with Crippen molar-refractivity contribution in [1.82, 2.24) is 8.61 Å². The molecule has 0 aliphatic carbocycles. The third-order valence-corrected chi connectivity index (χ3v) is 6.20. The van der Waals surface area contributed by atoms with Crippen molar-refractivity contribution in [3.8, 4) is 0 Å². The Bertz CT molecular complexity index is 474. The molecule has 0 aromatic rings. The minimum atomic E-state index is -3.64. The molecule has 0 bridgehead atoms. The van der Waals surface area contributed by atoms with Gasteiger partial charge in [-0.25, -0.2) is 0 Å². The molecule has 8 nitrogen and oxygen atoms in total. The molecule has 2 atom stereocenters. The third-order valence-electron chi connectivity index (χ3n) is 4.08. The molecule has 2 unspecified atom stereocenters. The summed E-state index contributed by atoms with van der Waals surface area (Å²) in [6.07, 6.45) is 0.153. The van der Waals surface area contributed by atoms with Gasteiger partial charge in [0.15, 0.2) is 0 Å². The van der Waals surface area contributed by atoms with Crippen LogP contribution < -0.4 is 0 Å². The Morgan fingerprint density at radius 1 is 1.33 bits per heavy atom. The van der Waals surface area contributed by atoms with Crippen molar-refractivity contribution in [3.05, 3.63) is 0 Å². The van der Waals surface area contributed by atoms with Gasteiger partial charge in [0.05, 0.1) is 25.2 Å². The summed E-state index contributed by atoms with van der Waals surface area (Å²) in [7, 11) is -3.64. The molecule has 0 amide bonds. The van der Waals surface area contributed by atoms with Gasteiger partial charge in [-0.1, -0.05) is 0 Å². The average molecular weight is 322 g/mol. The first-order valence-corrected chi connectivity index (χ1v) is 8.48. The standard InChI is InChI=1S/C12H22N2O6S/c1-9-8-20-11(7-15)6-14(9)21(18,19)13-4-2-10(3-5-13)12(16)17/h9-11,15H,2-8H2,1H3,(H,16,17). The summed E-state index contributed by atoms with van der Waals surface area (Å²) < 4.78 is 33.3. The topological polar surface area (TPSA) is 107 Å². The second-order valence-electron chi connectivity index (χ2n) is 5.58. The van der Waals surface area contributed by atoms with E-state index in [0.29, 0.717) is 12.8 Å². The lowest BCUT2D eigenvalue weighted by atomic mass is 9.99. The third kappa shape index (κ3) is 3.54. The molecule has 21 heavy (non-hydrogen) atoms. The minimum absolute atomic E-state index is 0.124. The van der Waals surface area contributed by atoms with Crippen LogP contribution in [0.3, 0.4) is 0 Å². The minimum Gasteiger partial charge on any atom is -0.481 e. The fourth-order valence-corrected chi connectivity index (χ4v) is 4.54. The van der Waals surface area contributed by atoms with Crippen LogP contribution in [0.5, 0.6) is 0 Å². The highest BCUT2D eigenvalue weighted by Crippen LogP contribution is 2.24. The quantitative estimate of drug-likeness (QED) is 0.695. The van der Waals surface area contributed by atoms with Gasteiger partial charge in [0.2, 0.25) is 0 Å². The number of rotatable bonds is 4. The predicted octanol–water partition coefficient (Wildman–Crippen LogP) is -0.891. The molecule has 2 aliphatic heterocycles. The van der Waals surface area contributed by atoms with Crippen molar-refractivity contribution in [2.24, 2.45) is 5.92 Å². The van der Waals surface area contributed by atoms with Gasteiger partial charge in [0, 0.05) is 25.7 Å². The van der Waals surface area contributed by atoms with Crippen molar-refractivity contribution in [3.63, 3.8) is 0 Å². The SMILES string of the molecule is CC1COC(CO)CN1S(=O)(=O)N1CCC(C(=O)O)CC1. The van der Waals surface area contributed by atoms with Gasteiger partial charge in [-0.05, 0) is 19.8 Å². The molecule has 2 N–H and O–H groups in total. The molecule has 2 saturated heterocycles. The first-order chi connectivity index (χ1) is 9.86. The van der Waals surface area contributed by atoms with Gasteiger partial charge < -0.3 is 14.9 Å². The molecule has 0 aromatic carbocycles. The van der Waals surface area contributed by atoms with E-state index in [0.717, 1.165) is 0 Å². The number of carboxylic acids is 1. The lowest BCUT2D eigenvalue weighted by molar-refractivity contribution is -0.143. The molecule has 0 radical (unpaired) electrons. The van der Waals surface area contributed by atoms with E-state index in [4.69, 9.17) is 14.9 Å². The van der Waals surface area contributed by atoms with Crippen molar-refractivity contribution >= 4 is 16.2 Å². The molecule has 0 aromatic heterocycles. The van der Waals surface area contributed by atoms with E-state index in [1.54, 1.807) is 6.92 Å². The van der Waals surface area contributed by atoms with E-state index in [1.807, 2.05) is 0 Å². The van der Waals surface area contributed by atoms with Gasteiger partial charge in [-0.15, -0.1) is 0 Å². The number of aliphatic hydroxyl groups is 1. The molecule has 0 spiro atoms. The molecular weight excluding hydrogens is 300 g/mol. The van der Waals surface area contributed by atoms with Crippen molar-refractivity contribution < 1.29 is 28.2 Å². The maximum absolute atomic E-state index is 12.7. The number of aliphatic hydroxyl groups excluding tert-OH is 1. The van der Waals surface area contributed by atoms with Gasteiger partial charge in [0.25, 0.3) is 10.2 Å². The summed E-state index contributed by atoms with van der Waals surface area (Å²) >= 11 is 0. The number of nitrogens with zero attached hydrogens (tertiary/aromatic N) is 2. The van der Waals surface area contributed by atoms with Gasteiger partial charge in [0.1, 0.15) is 0 Å². The first-order valence-electron chi connectivity index (χ1n) is 7.08. The summed E-state index contributed by atoms with van der Waals surface area (Å²) in [5.74, 6) is -1.34. The summed E-state index contributed by atoms with van der Waals surface area (Å²) in [5, 5.41) is 18.1. The fraction of sp³-hybridized carbons (Fsp3) is 0.917. The number of piperidine rings is 1. The number of ether oxygens (including phenoxy) is 1. The Hall–Kier alpha value is -0.740. The maximum Gasteiger partial charge on any atom is 0.306 e. The van der Waals surface area contributed by atoms with E-state index < -0.39 is 28.2 Å². The molecule has 2 heterocycles. The highest BCUT2D eigenvalue weighted by molar-refractivity contribution is 7.86. The van der Waals surface area contributed by atoms with Crippen LogP contribution in [-0.4, -0.2) is 78.2 Å². The Balaban J connectivity index is 2.05. The number of morpholine rings is 1. The van der Waals surface area contributed by atoms with E-state index in [1.165, 1.54) is 8.61 Å². The number of aliphatic carboxylic acids is 1. The molecule has 122 valence electrons. The Kier molecular flexibility index (Phi) is 5.20. The van der Waals surface area contributed by atoms with Crippen LogP contribution >= 0.6 is 0 Å². The zero-order valence-corrected chi connectivity index (χ0v) is 12.8. The van der Waals surface area contributed by atoms with Crippen molar-refractivity contribution in [2.45, 2.75) is 31.9 Å². The lowest BCUT2D eigenvalue weighted by Gasteiger charge is -2.40. The second-order valence-corrected chi connectivity index (χ2v) is 7.46. The van der Waals surface area contributed by atoms with Crippen LogP contribution in [0.1, 0.15) is 19.8 Å². The summed E-state index contributed by atoms with van der Waals surface area (Å²) in [6.45, 7) is 2.34. The summed E-state index contributed by atoms with van der Waals surface area (Å²) in [6, 6.07) is -0.296. The molecule has 0 saturated carbocycles. The number of carbonyl (C=O) groups is 1. The highest BCUT2D eigenvalue weighted by atomic mass is 32.2. The highest BCUT2D eigenvalue weighted by Gasteiger charge is 2.40. The largest absolute Gasteiger partial charge is 0.481 e. The van der Waals surface area contributed by atoms with E-state index in [9.17, 15) is 13.2 Å². The molecule has 2 fully saturated rings. The maximum atomic E-state index is 12.7. The second kappa shape index (κ2) is 6.57. The number of carboxylic acid groups (broad SMARTS) is 1. The van der Waals surface area contributed by atoms with Gasteiger partial charge in [-0.2, -0.15) is 17.0 Å². The van der Waals surface area contributed by atoms with E-state index >= 15 is 0 Å². The lowest BCUT2D eigenvalue weighted by Crippen LogP contribution is -2.57. The molecule has 2 rings (SSSR count). The Labute approximate surface area is 124 Å². The van der Waals surface area contributed by atoms with E-state index in [-0.39, 0.29) is 38.9 Å². The van der Waals surface area contributed by atoms with Crippen LogP contribution in [0.4, 0.5) is 0 Å². The normalized spacial score (nSPS) is 30.4. The predicted molar refractivity (Wildman–Crippen MR) is 73.8 cm³/mol. The van der Waals surface area contributed by atoms with Crippen LogP contribution in [0.25, 0.3) is 0 Å². The van der Waals surface area contributed by atoms with Crippen molar-refractivity contribution in [1.29, 1.82) is 0 Å².